The van der Waals surface area contributed by atoms with E-state index >= 15 is 0 Å². The molecule has 3 rings (SSSR count). The highest BCUT2D eigenvalue weighted by Gasteiger charge is 2.18. The average Bonchev–Trinajstić information content (AvgIpc) is 2.65. The van der Waals surface area contributed by atoms with Crippen LogP contribution in [0.25, 0.3) is 0 Å². The first-order valence-corrected chi connectivity index (χ1v) is 8.31. The minimum absolute atomic E-state index is 0.0598. The van der Waals surface area contributed by atoms with Gasteiger partial charge in [0.1, 0.15) is 19.0 Å². The molecule has 0 spiro atoms. The lowest BCUT2D eigenvalue weighted by atomic mass is 10.1. The molecule has 0 aromatic heterocycles. The van der Waals surface area contributed by atoms with Crippen LogP contribution in [0.2, 0.25) is 0 Å². The maximum absolute atomic E-state index is 12.4. The van der Waals surface area contributed by atoms with Crippen molar-refractivity contribution in [1.29, 1.82) is 0 Å². The van der Waals surface area contributed by atoms with E-state index in [1.54, 1.807) is 19.2 Å². The second-order valence-electron chi connectivity index (χ2n) is 5.88. The molecule has 1 atom stereocenters. The van der Waals surface area contributed by atoms with Gasteiger partial charge in [-0.15, -0.1) is 0 Å². The first kappa shape index (κ1) is 18.3. The van der Waals surface area contributed by atoms with Gasteiger partial charge in [0.25, 0.3) is 0 Å². The smallest absolute Gasteiger partial charge is 0.387 e. The summed E-state index contributed by atoms with van der Waals surface area (Å²) >= 11 is 0. The van der Waals surface area contributed by atoms with Crippen LogP contribution in [0.3, 0.4) is 0 Å². The highest BCUT2D eigenvalue weighted by Crippen LogP contribution is 2.40. The molecular formula is C19H21F2NO4. The zero-order valence-electron chi connectivity index (χ0n) is 14.6. The molecule has 2 aromatic rings. The number of ether oxygens (including phenoxy) is 4. The summed E-state index contributed by atoms with van der Waals surface area (Å²) in [6, 6.07) is 10.4. The Labute approximate surface area is 150 Å². The molecular weight excluding hydrogens is 344 g/mol. The highest BCUT2D eigenvalue weighted by atomic mass is 19.3. The van der Waals surface area contributed by atoms with Crippen LogP contribution in [0.5, 0.6) is 23.0 Å². The van der Waals surface area contributed by atoms with Gasteiger partial charge in [-0.2, -0.15) is 8.78 Å². The molecule has 5 nitrogen and oxygen atoms in total. The van der Waals surface area contributed by atoms with E-state index in [1.165, 1.54) is 6.07 Å². The van der Waals surface area contributed by atoms with E-state index in [4.69, 9.17) is 14.2 Å². The summed E-state index contributed by atoms with van der Waals surface area (Å²) in [6.07, 6.45) is 0. The Bertz CT molecular complexity index is 737. The van der Waals surface area contributed by atoms with Crippen LogP contribution in [0, 0.1) is 0 Å². The van der Waals surface area contributed by atoms with Crippen LogP contribution < -0.4 is 24.3 Å². The van der Waals surface area contributed by atoms with Crippen molar-refractivity contribution in [2.75, 3.05) is 20.3 Å². The van der Waals surface area contributed by atoms with Crippen LogP contribution in [-0.2, 0) is 6.54 Å². The summed E-state index contributed by atoms with van der Waals surface area (Å²) in [7, 11) is 1.59. The van der Waals surface area contributed by atoms with Crippen LogP contribution in [-0.4, -0.2) is 26.9 Å². The Hall–Kier alpha value is -2.54. The second-order valence-corrected chi connectivity index (χ2v) is 5.88. The third-order valence-electron chi connectivity index (χ3n) is 4.08. The van der Waals surface area contributed by atoms with Gasteiger partial charge in [-0.3, -0.25) is 0 Å². The van der Waals surface area contributed by atoms with Gasteiger partial charge >= 0.3 is 6.61 Å². The largest absolute Gasteiger partial charge is 0.493 e. The average molecular weight is 365 g/mol. The monoisotopic (exact) mass is 365 g/mol. The van der Waals surface area contributed by atoms with E-state index in [9.17, 15) is 8.78 Å². The van der Waals surface area contributed by atoms with Gasteiger partial charge in [-0.1, -0.05) is 12.1 Å². The van der Waals surface area contributed by atoms with Crippen molar-refractivity contribution >= 4 is 0 Å². The molecule has 1 heterocycles. The predicted octanol–water partition coefficient (Wildman–Crippen LogP) is 3.92. The Morgan fingerprint density at radius 3 is 2.73 bits per heavy atom. The number of halogens is 2. The van der Waals surface area contributed by atoms with Crippen molar-refractivity contribution in [3.8, 4) is 23.0 Å². The van der Waals surface area contributed by atoms with E-state index < -0.39 is 6.61 Å². The molecule has 26 heavy (non-hydrogen) atoms. The summed E-state index contributed by atoms with van der Waals surface area (Å²) in [5.41, 5.74) is 1.82. The first-order valence-electron chi connectivity index (χ1n) is 8.31. The molecule has 0 radical (unpaired) electrons. The van der Waals surface area contributed by atoms with Crippen LogP contribution >= 0.6 is 0 Å². The Morgan fingerprint density at radius 2 is 1.96 bits per heavy atom. The van der Waals surface area contributed by atoms with Crippen molar-refractivity contribution < 1.29 is 27.7 Å². The van der Waals surface area contributed by atoms with Gasteiger partial charge in [0.15, 0.2) is 11.5 Å². The molecule has 7 heteroatoms. The summed E-state index contributed by atoms with van der Waals surface area (Å²) in [4.78, 5) is 0. The Kier molecular flexibility index (Phi) is 5.78. The Balaban J connectivity index is 1.69. The van der Waals surface area contributed by atoms with Crippen molar-refractivity contribution in [2.45, 2.75) is 26.1 Å². The fourth-order valence-corrected chi connectivity index (χ4v) is 2.78. The lowest BCUT2D eigenvalue weighted by Gasteiger charge is -2.22. The quantitative estimate of drug-likeness (QED) is 0.806. The summed E-state index contributed by atoms with van der Waals surface area (Å²) in [5, 5.41) is 3.36. The van der Waals surface area contributed by atoms with Crippen molar-refractivity contribution in [2.24, 2.45) is 0 Å². The lowest BCUT2D eigenvalue weighted by molar-refractivity contribution is -0.0499. The molecule has 0 bridgehead atoms. The lowest BCUT2D eigenvalue weighted by Crippen LogP contribution is -2.19. The molecule has 1 aliphatic heterocycles. The van der Waals surface area contributed by atoms with Crippen LogP contribution in [0.1, 0.15) is 24.1 Å². The summed E-state index contributed by atoms with van der Waals surface area (Å²) < 4.78 is 45.8. The molecule has 140 valence electrons. The fourth-order valence-electron chi connectivity index (χ4n) is 2.78. The number of hydrogen-bond acceptors (Lipinski definition) is 5. The maximum atomic E-state index is 12.4. The van der Waals surface area contributed by atoms with Gasteiger partial charge < -0.3 is 24.3 Å². The molecule has 0 fully saturated rings. The van der Waals surface area contributed by atoms with Gasteiger partial charge in [0.05, 0.1) is 7.11 Å². The topological polar surface area (TPSA) is 49.0 Å². The predicted molar refractivity (Wildman–Crippen MR) is 92.3 cm³/mol. The van der Waals surface area contributed by atoms with E-state index in [0.29, 0.717) is 37.0 Å². The van der Waals surface area contributed by atoms with Gasteiger partial charge in [-0.05, 0) is 42.3 Å². The molecule has 1 unspecified atom stereocenters. The molecule has 0 saturated carbocycles. The van der Waals surface area contributed by atoms with Gasteiger partial charge in [0, 0.05) is 12.6 Å². The van der Waals surface area contributed by atoms with Crippen LogP contribution in [0.15, 0.2) is 36.4 Å². The van der Waals surface area contributed by atoms with Crippen molar-refractivity contribution in [1.82, 2.24) is 5.32 Å². The zero-order chi connectivity index (χ0) is 18.5. The minimum Gasteiger partial charge on any atom is -0.493 e. The summed E-state index contributed by atoms with van der Waals surface area (Å²) in [5.74, 6) is 2.05. The Morgan fingerprint density at radius 1 is 1.15 bits per heavy atom. The molecule has 0 amide bonds. The molecule has 0 saturated heterocycles. The van der Waals surface area contributed by atoms with Gasteiger partial charge in [0.2, 0.25) is 5.75 Å². The van der Waals surface area contributed by atoms with Crippen molar-refractivity contribution in [3.63, 3.8) is 0 Å². The molecule has 0 aliphatic carbocycles. The highest BCUT2D eigenvalue weighted by molar-refractivity contribution is 5.54. The fraction of sp³-hybridized carbons (Fsp3) is 0.368. The number of hydrogen-bond donors (Lipinski definition) is 1. The zero-order valence-corrected chi connectivity index (χ0v) is 14.6. The van der Waals surface area contributed by atoms with E-state index in [2.05, 4.69) is 10.1 Å². The molecule has 2 aromatic carbocycles. The maximum Gasteiger partial charge on any atom is 0.387 e. The molecule has 1 N–H and O–H groups in total. The first-order chi connectivity index (χ1) is 12.6. The third-order valence-corrected chi connectivity index (χ3v) is 4.08. The number of fused-ring (bicyclic) bond motifs is 1. The standard InChI is InChI=1S/C19H21F2NO4/c1-12(14-4-3-5-15(10-14)26-19(20)21)22-11-13-8-16(23-2)18-17(9-13)24-6-7-25-18/h3-5,8-10,12,19,22H,6-7,11H2,1-2H3. The third kappa shape index (κ3) is 4.35. The number of rotatable bonds is 7. The number of benzene rings is 2. The number of nitrogens with one attached hydrogen (secondary N) is 1. The molecule has 1 aliphatic rings. The van der Waals surface area contributed by atoms with E-state index in [0.717, 1.165) is 11.1 Å². The normalized spacial score (nSPS) is 14.2. The van der Waals surface area contributed by atoms with E-state index in [-0.39, 0.29) is 11.8 Å². The second kappa shape index (κ2) is 8.23. The van der Waals surface area contributed by atoms with Gasteiger partial charge in [-0.25, -0.2) is 0 Å². The SMILES string of the molecule is COc1cc(CNC(C)c2cccc(OC(F)F)c2)cc2c1OCCO2. The van der Waals surface area contributed by atoms with Crippen LogP contribution in [0.4, 0.5) is 8.78 Å². The number of methoxy groups -OCH3 is 1. The summed E-state index contributed by atoms with van der Waals surface area (Å²) in [6.45, 7) is 0.666. The minimum atomic E-state index is -2.83. The van der Waals surface area contributed by atoms with Crippen molar-refractivity contribution in [3.05, 3.63) is 47.5 Å². The number of alkyl halides is 2. The van der Waals surface area contributed by atoms with E-state index in [1.807, 2.05) is 25.1 Å².